The van der Waals surface area contributed by atoms with E-state index in [2.05, 4.69) is 5.32 Å². The number of ether oxygens (including phenoxy) is 1. The molecule has 1 fully saturated rings. The van der Waals surface area contributed by atoms with Crippen molar-refractivity contribution in [3.05, 3.63) is 59.4 Å². The highest BCUT2D eigenvalue weighted by Crippen LogP contribution is 2.26. The second kappa shape index (κ2) is 8.92. The van der Waals surface area contributed by atoms with Gasteiger partial charge < -0.3 is 10.1 Å². The van der Waals surface area contributed by atoms with Crippen LogP contribution in [0.3, 0.4) is 0 Å². The zero-order valence-corrected chi connectivity index (χ0v) is 17.3. The van der Waals surface area contributed by atoms with Gasteiger partial charge in [-0.2, -0.15) is 4.31 Å². The fourth-order valence-electron chi connectivity index (χ4n) is 3.47. The Morgan fingerprint density at radius 3 is 2.52 bits per heavy atom. The second-order valence-corrected chi connectivity index (χ2v) is 8.95. The van der Waals surface area contributed by atoms with Crippen LogP contribution in [0.5, 0.6) is 5.75 Å². The molecule has 29 heavy (non-hydrogen) atoms. The van der Waals surface area contributed by atoms with Crippen LogP contribution in [0.4, 0.5) is 4.39 Å². The molecule has 0 radical (unpaired) electrons. The van der Waals surface area contributed by atoms with Crippen molar-refractivity contribution >= 4 is 15.9 Å². The van der Waals surface area contributed by atoms with Gasteiger partial charge in [0.15, 0.2) is 0 Å². The molecule has 1 N–H and O–H groups in total. The maximum Gasteiger partial charge on any atom is 0.251 e. The number of piperidine rings is 1. The SMILES string of the molecule is COc1ccccc1[C@@H](C)NC(=O)c1ccc(F)c(S(=O)(=O)N2CCCCC2)c1. The molecule has 1 heterocycles. The third-order valence-corrected chi connectivity index (χ3v) is 6.99. The van der Waals surface area contributed by atoms with E-state index in [4.69, 9.17) is 4.74 Å². The number of para-hydroxylation sites is 1. The first-order valence-electron chi connectivity index (χ1n) is 9.58. The minimum atomic E-state index is -3.98. The Bertz CT molecular complexity index is 988. The predicted octanol–water partition coefficient (Wildman–Crippen LogP) is 3.50. The van der Waals surface area contributed by atoms with Crippen LogP contribution >= 0.6 is 0 Å². The van der Waals surface area contributed by atoms with Gasteiger partial charge in [0.25, 0.3) is 5.91 Å². The Balaban J connectivity index is 1.84. The first-order chi connectivity index (χ1) is 13.8. The lowest BCUT2D eigenvalue weighted by Gasteiger charge is -2.26. The van der Waals surface area contributed by atoms with E-state index < -0.39 is 26.6 Å². The Morgan fingerprint density at radius 1 is 1.14 bits per heavy atom. The molecule has 0 aromatic heterocycles. The number of amides is 1. The Hall–Kier alpha value is -2.45. The first kappa shape index (κ1) is 21.3. The summed E-state index contributed by atoms with van der Waals surface area (Å²) in [6, 6.07) is 10.3. The number of hydrogen-bond donors (Lipinski definition) is 1. The molecule has 6 nitrogen and oxygen atoms in total. The van der Waals surface area contributed by atoms with Gasteiger partial charge in [-0.25, -0.2) is 12.8 Å². The molecule has 1 amide bonds. The van der Waals surface area contributed by atoms with Crippen LogP contribution in [0, 0.1) is 5.82 Å². The number of methoxy groups -OCH3 is 1. The van der Waals surface area contributed by atoms with Crippen molar-refractivity contribution in [2.24, 2.45) is 0 Å². The van der Waals surface area contributed by atoms with Crippen molar-refractivity contribution in [3.8, 4) is 5.75 Å². The van der Waals surface area contributed by atoms with E-state index in [0.717, 1.165) is 37.0 Å². The summed E-state index contributed by atoms with van der Waals surface area (Å²) < 4.78 is 46.7. The van der Waals surface area contributed by atoms with Crippen molar-refractivity contribution in [2.45, 2.75) is 37.1 Å². The van der Waals surface area contributed by atoms with Crippen LogP contribution in [-0.4, -0.2) is 38.8 Å². The predicted molar refractivity (Wildman–Crippen MR) is 108 cm³/mol. The van der Waals surface area contributed by atoms with Gasteiger partial charge >= 0.3 is 0 Å². The quantitative estimate of drug-likeness (QED) is 0.776. The molecule has 1 atom stereocenters. The zero-order valence-electron chi connectivity index (χ0n) is 16.5. The van der Waals surface area contributed by atoms with Gasteiger partial charge in [-0.05, 0) is 44.0 Å². The topological polar surface area (TPSA) is 75.7 Å². The number of sulfonamides is 1. The molecule has 156 valence electrons. The molecular formula is C21H25FN2O4S. The number of nitrogens with one attached hydrogen (secondary N) is 1. The highest BCUT2D eigenvalue weighted by Gasteiger charge is 2.29. The van der Waals surface area contributed by atoms with Gasteiger partial charge in [0, 0.05) is 24.2 Å². The molecule has 0 bridgehead atoms. The van der Waals surface area contributed by atoms with E-state index in [0.29, 0.717) is 18.8 Å². The zero-order chi connectivity index (χ0) is 21.0. The molecule has 1 aliphatic rings. The molecular weight excluding hydrogens is 395 g/mol. The number of carbonyl (C=O) groups is 1. The van der Waals surface area contributed by atoms with E-state index in [1.54, 1.807) is 20.1 Å². The average molecular weight is 421 g/mol. The van der Waals surface area contributed by atoms with E-state index in [9.17, 15) is 17.6 Å². The van der Waals surface area contributed by atoms with Crippen LogP contribution in [0.15, 0.2) is 47.4 Å². The smallest absolute Gasteiger partial charge is 0.251 e. The van der Waals surface area contributed by atoms with Crippen LogP contribution in [0.1, 0.15) is 48.1 Å². The summed E-state index contributed by atoms with van der Waals surface area (Å²) in [4.78, 5) is 12.3. The Morgan fingerprint density at radius 2 is 1.83 bits per heavy atom. The van der Waals surface area contributed by atoms with Crippen LogP contribution in [0.25, 0.3) is 0 Å². The summed E-state index contributed by atoms with van der Waals surface area (Å²) >= 11 is 0. The number of halogens is 1. The van der Waals surface area contributed by atoms with Gasteiger partial charge in [-0.1, -0.05) is 24.6 Å². The van der Waals surface area contributed by atoms with E-state index in [1.807, 2.05) is 18.2 Å². The third-order valence-electron chi connectivity index (χ3n) is 5.08. The van der Waals surface area contributed by atoms with Gasteiger partial charge in [0.1, 0.15) is 16.5 Å². The fraction of sp³-hybridized carbons (Fsp3) is 0.381. The van der Waals surface area contributed by atoms with Crippen molar-refractivity contribution in [3.63, 3.8) is 0 Å². The Kier molecular flexibility index (Phi) is 6.54. The molecule has 1 saturated heterocycles. The molecule has 1 aliphatic heterocycles. The summed E-state index contributed by atoms with van der Waals surface area (Å²) in [7, 11) is -2.43. The molecule has 3 rings (SSSR count). The highest BCUT2D eigenvalue weighted by molar-refractivity contribution is 7.89. The lowest BCUT2D eigenvalue weighted by atomic mass is 10.1. The minimum Gasteiger partial charge on any atom is -0.496 e. The molecule has 2 aromatic carbocycles. The summed E-state index contributed by atoms with van der Waals surface area (Å²) in [5.41, 5.74) is 0.871. The van der Waals surface area contributed by atoms with E-state index >= 15 is 0 Å². The second-order valence-electron chi connectivity index (χ2n) is 7.05. The monoisotopic (exact) mass is 420 g/mol. The standard InChI is InChI=1S/C21H25FN2O4S/c1-15(17-8-4-5-9-19(17)28-2)23-21(25)16-10-11-18(22)20(14-16)29(26,27)24-12-6-3-7-13-24/h4-5,8-11,14-15H,3,6-7,12-13H2,1-2H3,(H,23,25)/t15-/m1/s1. The van der Waals surface area contributed by atoms with Gasteiger partial charge in [-0.3, -0.25) is 4.79 Å². The summed E-state index contributed by atoms with van der Waals surface area (Å²) in [6.07, 6.45) is 2.45. The largest absolute Gasteiger partial charge is 0.496 e. The molecule has 8 heteroatoms. The molecule has 0 aliphatic carbocycles. The fourth-order valence-corrected chi connectivity index (χ4v) is 5.08. The number of benzene rings is 2. The maximum absolute atomic E-state index is 14.4. The van der Waals surface area contributed by atoms with Crippen molar-refractivity contribution in [1.29, 1.82) is 0 Å². The van der Waals surface area contributed by atoms with Crippen molar-refractivity contribution in [2.75, 3.05) is 20.2 Å². The summed E-state index contributed by atoms with van der Waals surface area (Å²) in [6.45, 7) is 2.52. The minimum absolute atomic E-state index is 0.0868. The van der Waals surface area contributed by atoms with E-state index in [1.165, 1.54) is 10.4 Å². The Labute approximate surface area is 170 Å². The molecule has 0 unspecified atom stereocenters. The lowest BCUT2D eigenvalue weighted by Crippen LogP contribution is -2.36. The van der Waals surface area contributed by atoms with Crippen LogP contribution < -0.4 is 10.1 Å². The molecule has 0 spiro atoms. The van der Waals surface area contributed by atoms with Gasteiger partial charge in [0.2, 0.25) is 10.0 Å². The molecule has 2 aromatic rings. The number of rotatable bonds is 6. The maximum atomic E-state index is 14.4. The lowest BCUT2D eigenvalue weighted by molar-refractivity contribution is 0.0939. The number of hydrogen-bond acceptors (Lipinski definition) is 4. The summed E-state index contributed by atoms with van der Waals surface area (Å²) in [5, 5.41) is 2.82. The average Bonchev–Trinajstić information content (AvgIpc) is 2.74. The van der Waals surface area contributed by atoms with Gasteiger partial charge in [0.05, 0.1) is 13.2 Å². The van der Waals surface area contributed by atoms with Crippen molar-refractivity contribution < 1.29 is 22.3 Å². The van der Waals surface area contributed by atoms with Crippen molar-refractivity contribution in [1.82, 2.24) is 9.62 Å². The van der Waals surface area contributed by atoms with Gasteiger partial charge in [-0.15, -0.1) is 0 Å². The van der Waals surface area contributed by atoms with E-state index in [-0.39, 0.29) is 11.6 Å². The summed E-state index contributed by atoms with van der Waals surface area (Å²) in [5.74, 6) is -0.712. The number of nitrogens with zero attached hydrogens (tertiary/aromatic N) is 1. The molecule has 0 saturated carbocycles. The third kappa shape index (κ3) is 4.59. The van der Waals surface area contributed by atoms with Crippen LogP contribution in [0.2, 0.25) is 0 Å². The number of carbonyl (C=O) groups excluding carboxylic acids is 1. The normalized spacial score (nSPS) is 16.2. The highest BCUT2D eigenvalue weighted by atomic mass is 32.2. The van der Waals surface area contributed by atoms with Crippen LogP contribution in [-0.2, 0) is 10.0 Å². The first-order valence-corrected chi connectivity index (χ1v) is 11.0.